The van der Waals surface area contributed by atoms with Gasteiger partial charge in [0, 0.05) is 11.8 Å². The highest BCUT2D eigenvalue weighted by Crippen LogP contribution is 2.21. The number of nitrogens with one attached hydrogen (secondary N) is 2. The maximum atomic E-state index is 11.8. The van der Waals surface area contributed by atoms with E-state index in [0.717, 1.165) is 12.1 Å². The van der Waals surface area contributed by atoms with E-state index in [2.05, 4.69) is 15.5 Å². The molecule has 7 heteroatoms. The van der Waals surface area contributed by atoms with Crippen molar-refractivity contribution in [2.24, 2.45) is 0 Å². The van der Waals surface area contributed by atoms with Crippen LogP contribution >= 0.6 is 0 Å². The summed E-state index contributed by atoms with van der Waals surface area (Å²) in [5.41, 5.74) is 0.918. The summed E-state index contributed by atoms with van der Waals surface area (Å²) in [5.74, 6) is -0.953. The van der Waals surface area contributed by atoms with Crippen molar-refractivity contribution in [3.05, 3.63) is 11.8 Å². The van der Waals surface area contributed by atoms with Gasteiger partial charge in [0.25, 0.3) is 5.91 Å². The Bertz CT molecular complexity index is 457. The molecule has 0 saturated carbocycles. The topological polar surface area (TPSA) is 104 Å². The van der Waals surface area contributed by atoms with Gasteiger partial charge in [0.2, 0.25) is 0 Å². The lowest BCUT2D eigenvalue weighted by atomic mass is 10.2. The highest BCUT2D eigenvalue weighted by molar-refractivity contribution is 5.94. The largest absolute Gasteiger partial charge is 0.479 e. The fourth-order valence-corrected chi connectivity index (χ4v) is 1.83. The third kappa shape index (κ3) is 2.67. The number of hydrogen-bond acceptors (Lipinski definition) is 4. The van der Waals surface area contributed by atoms with Gasteiger partial charge in [-0.1, -0.05) is 6.92 Å². The zero-order valence-corrected chi connectivity index (χ0v) is 9.97. The molecule has 2 atom stereocenters. The first-order valence-electron chi connectivity index (χ1n) is 5.83. The number of rotatable bonds is 4. The van der Waals surface area contributed by atoms with Crippen molar-refractivity contribution in [1.29, 1.82) is 0 Å². The van der Waals surface area contributed by atoms with E-state index in [9.17, 15) is 9.59 Å². The number of H-pyrrole nitrogens is 1. The molecule has 2 heterocycles. The second-order valence-electron chi connectivity index (χ2n) is 4.15. The maximum absolute atomic E-state index is 11.8. The molecule has 3 N–H and O–H groups in total. The van der Waals surface area contributed by atoms with E-state index in [1.54, 1.807) is 6.07 Å². The predicted octanol–water partition coefficient (Wildman–Crippen LogP) is 0.543. The predicted molar refractivity (Wildman–Crippen MR) is 62.1 cm³/mol. The molecule has 2 rings (SSSR count). The van der Waals surface area contributed by atoms with Gasteiger partial charge < -0.3 is 15.2 Å². The highest BCUT2D eigenvalue weighted by atomic mass is 16.5. The first-order valence-corrected chi connectivity index (χ1v) is 5.83. The van der Waals surface area contributed by atoms with E-state index in [1.165, 1.54) is 0 Å². The fraction of sp³-hybridized carbons (Fsp3) is 0.545. The SMILES string of the molecule is CCc1cc(NC(=O)[C@@H]2CC[C@H](C(=O)O)O2)n[nH]1. The molecule has 1 amide bonds. The molecule has 1 aromatic rings. The molecule has 1 aliphatic heterocycles. The van der Waals surface area contributed by atoms with Gasteiger partial charge in [-0.3, -0.25) is 9.89 Å². The molecular weight excluding hydrogens is 238 g/mol. The number of hydrogen-bond donors (Lipinski definition) is 3. The minimum absolute atomic E-state index is 0.354. The fourth-order valence-electron chi connectivity index (χ4n) is 1.83. The summed E-state index contributed by atoms with van der Waals surface area (Å²) in [7, 11) is 0. The Kier molecular flexibility index (Phi) is 3.61. The normalized spacial score (nSPS) is 22.9. The van der Waals surface area contributed by atoms with Gasteiger partial charge in [-0.25, -0.2) is 4.79 Å². The van der Waals surface area contributed by atoms with Crippen LogP contribution < -0.4 is 5.32 Å². The van der Waals surface area contributed by atoms with Gasteiger partial charge in [-0.2, -0.15) is 5.10 Å². The number of carbonyl (C=O) groups excluding carboxylic acids is 1. The van der Waals surface area contributed by atoms with Crippen molar-refractivity contribution in [3.8, 4) is 0 Å². The number of carbonyl (C=O) groups is 2. The summed E-state index contributed by atoms with van der Waals surface area (Å²) >= 11 is 0. The minimum Gasteiger partial charge on any atom is -0.479 e. The van der Waals surface area contributed by atoms with Crippen LogP contribution in [0.4, 0.5) is 5.82 Å². The van der Waals surface area contributed by atoms with Crippen LogP contribution in [0.15, 0.2) is 6.07 Å². The molecule has 0 spiro atoms. The van der Waals surface area contributed by atoms with E-state index >= 15 is 0 Å². The lowest BCUT2D eigenvalue weighted by molar-refractivity contribution is -0.150. The number of amides is 1. The van der Waals surface area contributed by atoms with Crippen molar-refractivity contribution < 1.29 is 19.4 Å². The number of carboxylic acid groups (broad SMARTS) is 1. The average Bonchev–Trinajstić information content (AvgIpc) is 2.97. The Morgan fingerprint density at radius 2 is 2.28 bits per heavy atom. The molecule has 0 bridgehead atoms. The number of aliphatic carboxylic acids is 1. The van der Waals surface area contributed by atoms with Gasteiger partial charge in [-0.05, 0) is 19.3 Å². The van der Waals surface area contributed by atoms with Crippen molar-refractivity contribution in [2.45, 2.75) is 38.4 Å². The van der Waals surface area contributed by atoms with Crippen molar-refractivity contribution in [1.82, 2.24) is 10.2 Å². The first-order chi connectivity index (χ1) is 8.60. The number of aromatic amines is 1. The molecule has 0 radical (unpaired) electrons. The summed E-state index contributed by atoms with van der Waals surface area (Å²) in [6, 6.07) is 1.74. The Morgan fingerprint density at radius 1 is 1.56 bits per heavy atom. The lowest BCUT2D eigenvalue weighted by Crippen LogP contribution is -2.30. The van der Waals surface area contributed by atoms with E-state index in [1.807, 2.05) is 6.92 Å². The second-order valence-corrected chi connectivity index (χ2v) is 4.15. The zero-order chi connectivity index (χ0) is 13.1. The molecule has 1 fully saturated rings. The molecule has 1 aliphatic rings. The molecule has 0 aromatic carbocycles. The van der Waals surface area contributed by atoms with Gasteiger partial charge in [0.1, 0.15) is 6.10 Å². The summed E-state index contributed by atoms with van der Waals surface area (Å²) in [4.78, 5) is 22.5. The second kappa shape index (κ2) is 5.18. The van der Waals surface area contributed by atoms with Crippen LogP contribution in [0.5, 0.6) is 0 Å². The summed E-state index contributed by atoms with van der Waals surface area (Å²) in [6.07, 6.45) is -0.0367. The van der Waals surface area contributed by atoms with Gasteiger partial charge in [0.05, 0.1) is 0 Å². The van der Waals surface area contributed by atoms with Crippen LogP contribution in [0.1, 0.15) is 25.5 Å². The zero-order valence-electron chi connectivity index (χ0n) is 9.97. The molecule has 7 nitrogen and oxygen atoms in total. The molecule has 0 aliphatic carbocycles. The third-order valence-electron chi connectivity index (χ3n) is 2.85. The third-order valence-corrected chi connectivity index (χ3v) is 2.85. The van der Waals surface area contributed by atoms with Crippen LogP contribution in [-0.2, 0) is 20.7 Å². The molecule has 98 valence electrons. The number of carboxylic acids is 1. The summed E-state index contributed by atoms with van der Waals surface area (Å²) in [5, 5.41) is 18.1. The maximum Gasteiger partial charge on any atom is 0.332 e. The number of anilines is 1. The number of aryl methyl sites for hydroxylation is 1. The van der Waals surface area contributed by atoms with Crippen molar-refractivity contribution >= 4 is 17.7 Å². The monoisotopic (exact) mass is 253 g/mol. The van der Waals surface area contributed by atoms with E-state index in [4.69, 9.17) is 9.84 Å². The Morgan fingerprint density at radius 3 is 2.83 bits per heavy atom. The smallest absolute Gasteiger partial charge is 0.332 e. The molecule has 1 saturated heterocycles. The van der Waals surface area contributed by atoms with E-state index in [-0.39, 0.29) is 5.91 Å². The molecule has 1 aromatic heterocycles. The average molecular weight is 253 g/mol. The highest BCUT2D eigenvalue weighted by Gasteiger charge is 2.34. The van der Waals surface area contributed by atoms with E-state index < -0.39 is 18.2 Å². The van der Waals surface area contributed by atoms with Crippen LogP contribution in [-0.4, -0.2) is 39.4 Å². The van der Waals surface area contributed by atoms with Crippen molar-refractivity contribution in [2.75, 3.05) is 5.32 Å². The Balaban J connectivity index is 1.91. The summed E-state index contributed by atoms with van der Waals surface area (Å²) in [6.45, 7) is 1.97. The number of aromatic nitrogens is 2. The van der Waals surface area contributed by atoms with Crippen LogP contribution in [0, 0.1) is 0 Å². The summed E-state index contributed by atoms with van der Waals surface area (Å²) < 4.78 is 5.14. The van der Waals surface area contributed by atoms with Crippen molar-refractivity contribution in [3.63, 3.8) is 0 Å². The Labute approximate surface area is 104 Å². The number of ether oxygens (including phenoxy) is 1. The van der Waals surface area contributed by atoms with Crippen LogP contribution in [0.2, 0.25) is 0 Å². The molecular formula is C11H15N3O4. The Hall–Kier alpha value is -1.89. The molecule has 0 unspecified atom stereocenters. The van der Waals surface area contributed by atoms with Gasteiger partial charge in [0.15, 0.2) is 11.9 Å². The van der Waals surface area contributed by atoms with Crippen LogP contribution in [0.25, 0.3) is 0 Å². The quantitative estimate of drug-likeness (QED) is 0.726. The van der Waals surface area contributed by atoms with Gasteiger partial charge in [-0.15, -0.1) is 0 Å². The van der Waals surface area contributed by atoms with E-state index in [0.29, 0.717) is 18.7 Å². The first kappa shape index (κ1) is 12.6. The molecule has 18 heavy (non-hydrogen) atoms. The van der Waals surface area contributed by atoms with Crippen LogP contribution in [0.3, 0.4) is 0 Å². The van der Waals surface area contributed by atoms with Gasteiger partial charge >= 0.3 is 5.97 Å². The standard InChI is InChI=1S/C11H15N3O4/c1-2-6-5-9(14-13-6)12-10(15)7-3-4-8(18-7)11(16)17/h5,7-8H,2-4H2,1H3,(H,16,17)(H2,12,13,14,15)/t7-,8+/m0/s1. The number of nitrogens with zero attached hydrogens (tertiary/aromatic N) is 1. The lowest BCUT2D eigenvalue weighted by Gasteiger charge is -2.09. The minimum atomic E-state index is -1.03.